The van der Waals surface area contributed by atoms with Crippen LogP contribution in [-0.2, 0) is 19.1 Å². The molecule has 0 fully saturated rings. The van der Waals surface area contributed by atoms with Crippen LogP contribution in [0.25, 0.3) is 0 Å². The van der Waals surface area contributed by atoms with Gasteiger partial charge in [0.05, 0.1) is 6.61 Å². The predicted octanol–water partition coefficient (Wildman–Crippen LogP) is 13.7. The molecular weight excluding hydrogens is 606 g/mol. The normalized spacial score (nSPS) is 11.6. The maximum absolute atomic E-state index is 12.7. The number of carbonyl (C=O) groups is 2. The van der Waals surface area contributed by atoms with Crippen molar-refractivity contribution in [3.8, 4) is 0 Å². The van der Waals surface area contributed by atoms with E-state index in [1.165, 1.54) is 148 Å². The second-order valence-electron chi connectivity index (χ2n) is 15.0. The highest BCUT2D eigenvalue weighted by Crippen LogP contribution is 2.18. The number of ether oxygens (including phenoxy) is 2. The maximum atomic E-state index is 12.7. The van der Waals surface area contributed by atoms with Crippen LogP contribution in [0.3, 0.4) is 0 Å². The van der Waals surface area contributed by atoms with Gasteiger partial charge in [-0.2, -0.15) is 0 Å². The molecule has 49 heavy (non-hydrogen) atoms. The molecular formula is C44H87NO4. The molecule has 0 atom stereocenters. The Hall–Kier alpha value is -1.10. The van der Waals surface area contributed by atoms with E-state index >= 15 is 0 Å². The third kappa shape index (κ3) is 36.5. The summed E-state index contributed by atoms with van der Waals surface area (Å²) < 4.78 is 11.5. The molecule has 0 saturated heterocycles. The van der Waals surface area contributed by atoms with Crippen LogP contribution in [0.2, 0.25) is 0 Å². The molecule has 0 unspecified atom stereocenters. The van der Waals surface area contributed by atoms with Crippen molar-refractivity contribution in [2.24, 2.45) is 0 Å². The Morgan fingerprint density at radius 2 is 0.796 bits per heavy atom. The lowest BCUT2D eigenvalue weighted by Crippen LogP contribution is -2.25. The average Bonchev–Trinajstić information content (AvgIpc) is 3.10. The number of esters is 2. The molecule has 292 valence electrons. The van der Waals surface area contributed by atoms with Crippen LogP contribution in [0.5, 0.6) is 0 Å². The van der Waals surface area contributed by atoms with Crippen LogP contribution in [0.4, 0.5) is 0 Å². The van der Waals surface area contributed by atoms with E-state index in [0.29, 0.717) is 19.4 Å². The van der Waals surface area contributed by atoms with Gasteiger partial charge in [0, 0.05) is 12.8 Å². The van der Waals surface area contributed by atoms with E-state index < -0.39 is 0 Å². The first-order chi connectivity index (χ1) is 24.1. The van der Waals surface area contributed by atoms with Crippen molar-refractivity contribution >= 4 is 11.9 Å². The first-order valence-electron chi connectivity index (χ1n) is 22.1. The lowest BCUT2D eigenvalue weighted by Gasteiger charge is -2.20. The zero-order chi connectivity index (χ0) is 35.9. The minimum absolute atomic E-state index is 0.0127. The van der Waals surface area contributed by atoms with Gasteiger partial charge in [0.25, 0.3) is 0 Å². The van der Waals surface area contributed by atoms with Gasteiger partial charge in [-0.15, -0.1) is 0 Å². The van der Waals surface area contributed by atoms with E-state index in [0.717, 1.165) is 71.0 Å². The minimum atomic E-state index is -0.0127. The fourth-order valence-electron chi connectivity index (χ4n) is 6.83. The quantitative estimate of drug-likeness (QED) is 0.0472. The van der Waals surface area contributed by atoms with E-state index in [-0.39, 0.29) is 18.0 Å². The Balaban J connectivity index is 3.86. The molecule has 0 aliphatic carbocycles. The van der Waals surface area contributed by atoms with Crippen molar-refractivity contribution in [3.63, 3.8) is 0 Å². The molecule has 0 aromatic carbocycles. The van der Waals surface area contributed by atoms with E-state index in [1.54, 1.807) is 0 Å². The summed E-state index contributed by atoms with van der Waals surface area (Å²) in [5.41, 5.74) is 0. The van der Waals surface area contributed by atoms with E-state index in [2.05, 4.69) is 32.6 Å². The summed E-state index contributed by atoms with van der Waals surface area (Å²) in [5, 5.41) is 0. The van der Waals surface area contributed by atoms with Crippen molar-refractivity contribution in [3.05, 3.63) is 0 Å². The zero-order valence-corrected chi connectivity index (χ0v) is 33.8. The number of hydrogen-bond acceptors (Lipinski definition) is 5. The Bertz CT molecular complexity index is 668. The molecule has 0 N–H and O–H groups in total. The second kappa shape index (κ2) is 39.7. The summed E-state index contributed by atoms with van der Waals surface area (Å²) in [6.07, 6.45) is 39.4. The van der Waals surface area contributed by atoms with Gasteiger partial charge in [0.15, 0.2) is 0 Å². The summed E-state index contributed by atoms with van der Waals surface area (Å²) in [6.45, 7) is 13.0. The number of rotatable bonds is 40. The maximum Gasteiger partial charge on any atom is 0.306 e. The number of unbranched alkanes of at least 4 members (excludes halogenated alkanes) is 24. The van der Waals surface area contributed by atoms with Crippen molar-refractivity contribution in [2.45, 2.75) is 246 Å². The van der Waals surface area contributed by atoms with Gasteiger partial charge in [-0.25, -0.2) is 0 Å². The molecule has 0 heterocycles. The van der Waals surface area contributed by atoms with E-state index in [9.17, 15) is 9.59 Å². The lowest BCUT2D eigenvalue weighted by atomic mass is 10.0. The van der Waals surface area contributed by atoms with Crippen molar-refractivity contribution < 1.29 is 19.1 Å². The third-order valence-corrected chi connectivity index (χ3v) is 10.2. The Morgan fingerprint density at radius 3 is 1.27 bits per heavy atom. The van der Waals surface area contributed by atoms with Gasteiger partial charge in [0.2, 0.25) is 0 Å². The molecule has 0 amide bonds. The van der Waals surface area contributed by atoms with Gasteiger partial charge in [-0.3, -0.25) is 9.59 Å². The molecule has 0 aromatic rings. The van der Waals surface area contributed by atoms with Crippen LogP contribution >= 0.6 is 0 Å². The van der Waals surface area contributed by atoms with Gasteiger partial charge >= 0.3 is 11.9 Å². The number of nitrogens with zero attached hydrogens (tertiary/aromatic N) is 1. The molecule has 5 heteroatoms. The van der Waals surface area contributed by atoms with E-state index in [4.69, 9.17) is 9.47 Å². The van der Waals surface area contributed by atoms with Crippen LogP contribution in [0.1, 0.15) is 240 Å². The minimum Gasteiger partial charge on any atom is -0.466 e. The fraction of sp³-hybridized carbons (Fsp3) is 0.955. The smallest absolute Gasteiger partial charge is 0.306 e. The molecule has 0 bridgehead atoms. The highest BCUT2D eigenvalue weighted by molar-refractivity contribution is 5.69. The predicted molar refractivity (Wildman–Crippen MR) is 212 cm³/mol. The van der Waals surface area contributed by atoms with Crippen molar-refractivity contribution in [1.29, 1.82) is 0 Å². The van der Waals surface area contributed by atoms with Crippen LogP contribution < -0.4 is 0 Å². The number of hydrogen-bond donors (Lipinski definition) is 0. The molecule has 0 rings (SSSR count). The molecule has 0 aliphatic rings. The van der Waals surface area contributed by atoms with Crippen LogP contribution in [0, 0.1) is 0 Å². The van der Waals surface area contributed by atoms with E-state index in [1.807, 2.05) is 0 Å². The van der Waals surface area contributed by atoms with Crippen LogP contribution in [0.15, 0.2) is 0 Å². The largest absolute Gasteiger partial charge is 0.466 e. The molecule has 0 radical (unpaired) electrons. The summed E-state index contributed by atoms with van der Waals surface area (Å²) in [6, 6.07) is 0. The average molecular weight is 694 g/mol. The molecule has 0 aromatic heterocycles. The van der Waals surface area contributed by atoms with Crippen molar-refractivity contribution in [2.75, 3.05) is 26.2 Å². The SMILES string of the molecule is CCCCCCCCCCCOC(=O)CCCCCN(CC)CCCCCCCC(=O)OC(CCCCCCCC)CCCCCCCC. The first-order valence-corrected chi connectivity index (χ1v) is 22.1. The third-order valence-electron chi connectivity index (χ3n) is 10.2. The van der Waals surface area contributed by atoms with Crippen LogP contribution in [-0.4, -0.2) is 49.2 Å². The van der Waals surface area contributed by atoms with Gasteiger partial charge < -0.3 is 14.4 Å². The summed E-state index contributed by atoms with van der Waals surface area (Å²) >= 11 is 0. The zero-order valence-electron chi connectivity index (χ0n) is 33.8. The van der Waals surface area contributed by atoms with Gasteiger partial charge in [-0.05, 0) is 77.4 Å². The highest BCUT2D eigenvalue weighted by Gasteiger charge is 2.14. The molecule has 5 nitrogen and oxygen atoms in total. The van der Waals surface area contributed by atoms with Gasteiger partial charge in [-0.1, -0.05) is 169 Å². The topological polar surface area (TPSA) is 55.8 Å². The Kier molecular flexibility index (Phi) is 38.8. The Morgan fingerprint density at radius 1 is 0.429 bits per heavy atom. The highest BCUT2D eigenvalue weighted by atomic mass is 16.5. The van der Waals surface area contributed by atoms with Crippen molar-refractivity contribution in [1.82, 2.24) is 4.90 Å². The summed E-state index contributed by atoms with van der Waals surface area (Å²) in [5.74, 6) is 0.0208. The molecule has 0 spiro atoms. The summed E-state index contributed by atoms with van der Waals surface area (Å²) in [4.78, 5) is 27.3. The Labute approximate surface area is 307 Å². The monoisotopic (exact) mass is 694 g/mol. The molecule has 0 aliphatic heterocycles. The molecule has 0 saturated carbocycles. The summed E-state index contributed by atoms with van der Waals surface area (Å²) in [7, 11) is 0. The first kappa shape index (κ1) is 47.9. The number of carbonyl (C=O) groups excluding carboxylic acids is 2. The fourth-order valence-corrected chi connectivity index (χ4v) is 6.83. The van der Waals surface area contributed by atoms with Gasteiger partial charge in [0.1, 0.15) is 6.10 Å². The standard InChI is InChI=1S/C44H87NO4/c1-5-9-12-15-18-19-20-26-34-41-48-43(46)37-31-27-33-40-45(8-4)39-32-25-21-24-30-38-44(47)49-42(35-28-22-16-13-10-6-2)36-29-23-17-14-11-7-3/h42H,5-41H2,1-4H3. The second-order valence-corrected chi connectivity index (χ2v) is 15.0. The lowest BCUT2D eigenvalue weighted by molar-refractivity contribution is -0.150.